The number of hydrogen-bond donors (Lipinski definition) is 2. The first-order valence-electron chi connectivity index (χ1n) is 4.43. The van der Waals surface area contributed by atoms with Crippen molar-refractivity contribution in [3.8, 4) is 10.6 Å². The fourth-order valence-electron chi connectivity index (χ4n) is 1.22. The van der Waals surface area contributed by atoms with Gasteiger partial charge in [0.25, 0.3) is 0 Å². The third-order valence-electron chi connectivity index (χ3n) is 1.91. The second-order valence-corrected chi connectivity index (χ2v) is 4.18. The molecule has 0 aromatic carbocycles. The Labute approximate surface area is 90.9 Å². The third kappa shape index (κ3) is 2.20. The van der Waals surface area contributed by atoms with Crippen molar-refractivity contribution >= 4 is 11.3 Å². The molecule has 5 heteroatoms. The Hall–Kier alpha value is -1.30. The van der Waals surface area contributed by atoms with E-state index in [1.54, 1.807) is 18.3 Å². The van der Waals surface area contributed by atoms with E-state index in [1.165, 1.54) is 11.3 Å². The van der Waals surface area contributed by atoms with Crippen molar-refractivity contribution < 1.29 is 10.2 Å². The lowest BCUT2D eigenvalue weighted by atomic mass is 10.3. The maximum Gasteiger partial charge on any atom is 0.188 e. The van der Waals surface area contributed by atoms with Crippen molar-refractivity contribution in [2.75, 3.05) is 0 Å². The summed E-state index contributed by atoms with van der Waals surface area (Å²) >= 11 is 1.31. The van der Waals surface area contributed by atoms with Crippen molar-refractivity contribution in [2.24, 2.45) is 0 Å². The summed E-state index contributed by atoms with van der Waals surface area (Å²) in [6, 6.07) is 5.30. The predicted molar refractivity (Wildman–Crippen MR) is 57.3 cm³/mol. The second kappa shape index (κ2) is 4.06. The zero-order chi connectivity index (χ0) is 10.8. The minimum atomic E-state index is -1.41. The molecule has 78 valence electrons. The lowest BCUT2D eigenvalue weighted by molar-refractivity contribution is -0.0395. The molecule has 0 unspecified atom stereocenters. The third-order valence-corrected chi connectivity index (χ3v) is 3.06. The van der Waals surface area contributed by atoms with E-state index in [4.69, 9.17) is 10.2 Å². The maximum atomic E-state index is 8.97. The van der Waals surface area contributed by atoms with E-state index >= 15 is 0 Å². The highest BCUT2D eigenvalue weighted by molar-refractivity contribution is 7.15. The molecule has 0 saturated heterocycles. The fraction of sp³-hybridized carbons (Fsp3) is 0.200. The van der Waals surface area contributed by atoms with E-state index < -0.39 is 6.29 Å². The normalized spacial score (nSPS) is 10.9. The first-order valence-corrected chi connectivity index (χ1v) is 5.24. The van der Waals surface area contributed by atoms with Crippen LogP contribution in [0.15, 0.2) is 24.4 Å². The molecule has 0 aliphatic rings. The molecule has 2 aromatic heterocycles. The minimum Gasteiger partial charge on any atom is -0.364 e. The molecule has 0 amide bonds. The van der Waals surface area contributed by atoms with Crippen LogP contribution in [0.3, 0.4) is 0 Å². The second-order valence-electron chi connectivity index (χ2n) is 3.06. The Kier molecular flexibility index (Phi) is 2.77. The molecule has 0 saturated carbocycles. The molecule has 2 aromatic rings. The van der Waals surface area contributed by atoms with Crippen LogP contribution in [0.4, 0.5) is 0 Å². The summed E-state index contributed by atoms with van der Waals surface area (Å²) in [6.07, 6.45) is 0.276. The average molecular weight is 222 g/mol. The summed E-state index contributed by atoms with van der Waals surface area (Å²) in [4.78, 5) is 9.68. The predicted octanol–water partition coefficient (Wildman–Crippen LogP) is 1.50. The van der Waals surface area contributed by atoms with Gasteiger partial charge in [-0.05, 0) is 25.1 Å². The van der Waals surface area contributed by atoms with Gasteiger partial charge in [-0.1, -0.05) is 0 Å². The van der Waals surface area contributed by atoms with E-state index in [0.29, 0.717) is 10.7 Å². The first kappa shape index (κ1) is 10.2. The SMILES string of the molecule is Cc1nccc(-c2ccc(C(O)O)s2)n1. The molecule has 0 aliphatic carbocycles. The molecular formula is C10H10N2O2S. The zero-order valence-corrected chi connectivity index (χ0v) is 8.90. The molecule has 0 radical (unpaired) electrons. The van der Waals surface area contributed by atoms with Crippen molar-refractivity contribution in [1.82, 2.24) is 9.97 Å². The van der Waals surface area contributed by atoms with Crippen molar-refractivity contribution in [3.63, 3.8) is 0 Å². The van der Waals surface area contributed by atoms with Crippen molar-refractivity contribution in [1.29, 1.82) is 0 Å². The van der Waals surface area contributed by atoms with Crippen LogP contribution in [0, 0.1) is 6.92 Å². The standard InChI is InChI=1S/C10H10N2O2S/c1-6-11-5-4-7(12-6)8-2-3-9(15-8)10(13)14/h2-5,10,13-14H,1H3. The van der Waals surface area contributed by atoms with Crippen LogP contribution in [0.5, 0.6) is 0 Å². The van der Waals surface area contributed by atoms with Gasteiger partial charge in [0.05, 0.1) is 15.4 Å². The Morgan fingerprint density at radius 1 is 1.27 bits per heavy atom. The van der Waals surface area contributed by atoms with Gasteiger partial charge in [0.2, 0.25) is 0 Å². The fourth-order valence-corrected chi connectivity index (χ4v) is 2.07. The van der Waals surface area contributed by atoms with E-state index in [-0.39, 0.29) is 0 Å². The van der Waals surface area contributed by atoms with Crippen LogP contribution in [-0.2, 0) is 0 Å². The Morgan fingerprint density at radius 3 is 2.67 bits per heavy atom. The molecule has 0 atom stereocenters. The van der Waals surface area contributed by atoms with Crippen LogP contribution >= 0.6 is 11.3 Å². The van der Waals surface area contributed by atoms with Crippen LogP contribution in [0.25, 0.3) is 10.6 Å². The lowest BCUT2D eigenvalue weighted by Crippen LogP contribution is -1.89. The summed E-state index contributed by atoms with van der Waals surface area (Å²) in [5.41, 5.74) is 0.805. The van der Waals surface area contributed by atoms with Gasteiger partial charge in [-0.15, -0.1) is 11.3 Å². The quantitative estimate of drug-likeness (QED) is 0.756. The molecule has 4 nitrogen and oxygen atoms in total. The van der Waals surface area contributed by atoms with E-state index in [1.807, 2.05) is 13.0 Å². The molecule has 0 aliphatic heterocycles. The number of aliphatic hydroxyl groups is 2. The lowest BCUT2D eigenvalue weighted by Gasteiger charge is -1.98. The summed E-state index contributed by atoms with van der Waals surface area (Å²) in [5.74, 6) is 0.701. The largest absolute Gasteiger partial charge is 0.364 e. The highest BCUT2D eigenvalue weighted by atomic mass is 32.1. The maximum absolute atomic E-state index is 8.97. The number of nitrogens with zero attached hydrogens (tertiary/aromatic N) is 2. The van der Waals surface area contributed by atoms with Gasteiger partial charge in [-0.2, -0.15) is 0 Å². The van der Waals surface area contributed by atoms with E-state index in [0.717, 1.165) is 10.6 Å². The highest BCUT2D eigenvalue weighted by Crippen LogP contribution is 2.29. The van der Waals surface area contributed by atoms with Crippen LogP contribution in [-0.4, -0.2) is 20.2 Å². The number of hydrogen-bond acceptors (Lipinski definition) is 5. The molecule has 2 heterocycles. The van der Waals surface area contributed by atoms with Crippen molar-refractivity contribution in [3.05, 3.63) is 35.1 Å². The molecule has 15 heavy (non-hydrogen) atoms. The molecule has 0 bridgehead atoms. The molecular weight excluding hydrogens is 212 g/mol. The Balaban J connectivity index is 2.37. The smallest absolute Gasteiger partial charge is 0.188 e. The van der Waals surface area contributed by atoms with Crippen LogP contribution in [0.2, 0.25) is 0 Å². The Bertz CT molecular complexity index is 468. The van der Waals surface area contributed by atoms with Gasteiger partial charge < -0.3 is 10.2 Å². The number of aromatic nitrogens is 2. The summed E-state index contributed by atoms with van der Waals surface area (Å²) < 4.78 is 0. The summed E-state index contributed by atoms with van der Waals surface area (Å²) in [5, 5.41) is 17.9. The minimum absolute atomic E-state index is 0.515. The first-order chi connectivity index (χ1) is 7.16. The number of aliphatic hydroxyl groups excluding tert-OH is 1. The van der Waals surface area contributed by atoms with Gasteiger partial charge in [0, 0.05) is 6.20 Å². The van der Waals surface area contributed by atoms with Gasteiger partial charge >= 0.3 is 0 Å². The highest BCUT2D eigenvalue weighted by Gasteiger charge is 2.08. The average Bonchev–Trinajstić information content (AvgIpc) is 2.66. The van der Waals surface area contributed by atoms with Gasteiger partial charge in [-0.25, -0.2) is 9.97 Å². The molecule has 2 rings (SSSR count). The van der Waals surface area contributed by atoms with E-state index in [2.05, 4.69) is 9.97 Å². The molecule has 0 spiro atoms. The van der Waals surface area contributed by atoms with E-state index in [9.17, 15) is 0 Å². The van der Waals surface area contributed by atoms with Gasteiger partial charge in [0.15, 0.2) is 6.29 Å². The Morgan fingerprint density at radius 2 is 2.07 bits per heavy atom. The topological polar surface area (TPSA) is 66.2 Å². The monoisotopic (exact) mass is 222 g/mol. The van der Waals surface area contributed by atoms with Gasteiger partial charge in [0.1, 0.15) is 5.82 Å². The number of aryl methyl sites for hydroxylation is 1. The van der Waals surface area contributed by atoms with Crippen LogP contribution in [0.1, 0.15) is 17.0 Å². The van der Waals surface area contributed by atoms with Gasteiger partial charge in [-0.3, -0.25) is 0 Å². The molecule has 0 fully saturated rings. The van der Waals surface area contributed by atoms with Crippen LogP contribution < -0.4 is 0 Å². The summed E-state index contributed by atoms with van der Waals surface area (Å²) in [7, 11) is 0. The summed E-state index contributed by atoms with van der Waals surface area (Å²) in [6.45, 7) is 1.82. The van der Waals surface area contributed by atoms with Crippen molar-refractivity contribution in [2.45, 2.75) is 13.2 Å². The zero-order valence-electron chi connectivity index (χ0n) is 8.08. The molecule has 2 N–H and O–H groups in total. The number of thiophene rings is 1. The number of rotatable bonds is 2.